The Morgan fingerprint density at radius 1 is 1.14 bits per heavy atom. The quantitative estimate of drug-likeness (QED) is 0.370. The Bertz CT molecular complexity index is 974. The Kier molecular flexibility index (Phi) is 12.6. The Balaban J connectivity index is 0.000000641. The number of rotatable bonds is 8. The summed E-state index contributed by atoms with van der Waals surface area (Å²) in [7, 11) is 1.64. The minimum absolute atomic E-state index is 0.0523. The second-order valence-electron chi connectivity index (χ2n) is 9.03. The Morgan fingerprint density at radius 2 is 1.86 bits per heavy atom. The molecule has 5 heteroatoms. The zero-order valence-electron chi connectivity index (χ0n) is 21.6. The molecule has 0 bridgehead atoms. The molecule has 1 aromatic carbocycles. The fourth-order valence-corrected chi connectivity index (χ4v) is 4.26. The van der Waals surface area contributed by atoms with Crippen LogP contribution in [-0.4, -0.2) is 49.7 Å². The van der Waals surface area contributed by atoms with E-state index in [1.54, 1.807) is 7.11 Å². The summed E-state index contributed by atoms with van der Waals surface area (Å²) >= 11 is 0. The lowest BCUT2D eigenvalue weighted by Gasteiger charge is -2.34. The summed E-state index contributed by atoms with van der Waals surface area (Å²) in [5.41, 5.74) is 11.6. The molecular formula is C30H40N2O3. The van der Waals surface area contributed by atoms with Crippen LogP contribution in [-0.2, 0) is 0 Å². The van der Waals surface area contributed by atoms with Crippen LogP contribution in [0.4, 0.5) is 0 Å². The van der Waals surface area contributed by atoms with Gasteiger partial charge in [0.25, 0.3) is 5.91 Å². The fraction of sp³-hybridized carbons (Fsp3) is 0.500. The molecule has 188 valence electrons. The first kappa shape index (κ1) is 28.1. The number of carbonyl (C=O) groups excluding carboxylic acids is 1. The van der Waals surface area contributed by atoms with Gasteiger partial charge >= 0.3 is 0 Å². The number of carbonyl (C=O) groups is 1. The maximum atomic E-state index is 12.6. The van der Waals surface area contributed by atoms with Crippen LogP contribution in [0, 0.1) is 0 Å². The third-order valence-corrected chi connectivity index (χ3v) is 6.28. The van der Waals surface area contributed by atoms with Gasteiger partial charge in [-0.15, -0.1) is 0 Å². The van der Waals surface area contributed by atoms with Gasteiger partial charge in [-0.1, -0.05) is 23.1 Å². The van der Waals surface area contributed by atoms with Gasteiger partial charge in [0, 0.05) is 31.2 Å². The lowest BCUT2D eigenvalue weighted by atomic mass is 9.97. The minimum atomic E-state index is -0.0523. The molecule has 1 aromatic rings. The van der Waals surface area contributed by atoms with Crippen molar-refractivity contribution in [3.63, 3.8) is 0 Å². The average Bonchev–Trinajstić information content (AvgIpc) is 2.88. The van der Waals surface area contributed by atoms with Gasteiger partial charge < -0.3 is 19.7 Å². The number of methoxy groups -OCH3 is 1. The van der Waals surface area contributed by atoms with Crippen LogP contribution in [0.15, 0.2) is 65.9 Å². The summed E-state index contributed by atoms with van der Waals surface area (Å²) in [6, 6.07) is 6.03. The third kappa shape index (κ3) is 9.93. The van der Waals surface area contributed by atoms with E-state index < -0.39 is 0 Å². The molecule has 2 aliphatic rings. The largest absolute Gasteiger partial charge is 0.493 e. The lowest BCUT2D eigenvalue weighted by molar-refractivity contribution is 0.0819. The molecule has 5 nitrogen and oxygen atoms in total. The van der Waals surface area contributed by atoms with Gasteiger partial charge in [-0.3, -0.25) is 4.79 Å². The predicted molar refractivity (Wildman–Crippen MR) is 142 cm³/mol. The summed E-state index contributed by atoms with van der Waals surface area (Å²) in [4.78, 5) is 15.1. The van der Waals surface area contributed by atoms with Crippen molar-refractivity contribution in [1.29, 1.82) is 0 Å². The molecule has 1 aliphatic carbocycles. The van der Waals surface area contributed by atoms with Gasteiger partial charge in [-0.2, -0.15) is 0 Å². The molecule has 0 saturated carbocycles. The fourth-order valence-electron chi connectivity index (χ4n) is 4.26. The number of nitrogens with one attached hydrogen (secondary N) is 1. The zero-order chi connectivity index (χ0) is 25.5. The van der Waals surface area contributed by atoms with E-state index in [0.717, 1.165) is 32.4 Å². The summed E-state index contributed by atoms with van der Waals surface area (Å²) in [5, 5.41) is 3.05. The van der Waals surface area contributed by atoms with Gasteiger partial charge in [0.2, 0.25) is 0 Å². The number of hydrogen-bond donors (Lipinski definition) is 1. The summed E-state index contributed by atoms with van der Waals surface area (Å²) < 4.78 is 11.7. The van der Waals surface area contributed by atoms with Crippen LogP contribution in [0.1, 0.15) is 69.2 Å². The highest BCUT2D eigenvalue weighted by molar-refractivity contribution is 5.94. The van der Waals surface area contributed by atoms with Crippen molar-refractivity contribution in [3.8, 4) is 11.5 Å². The van der Waals surface area contributed by atoms with Crippen LogP contribution in [0.2, 0.25) is 0 Å². The van der Waals surface area contributed by atoms with Gasteiger partial charge in [-0.05, 0) is 102 Å². The van der Waals surface area contributed by atoms with Crippen molar-refractivity contribution in [3.05, 3.63) is 71.5 Å². The van der Waals surface area contributed by atoms with Crippen LogP contribution in [0.3, 0.4) is 0 Å². The van der Waals surface area contributed by atoms with Gasteiger partial charge in [-0.25, -0.2) is 0 Å². The van der Waals surface area contributed by atoms with E-state index in [0.29, 0.717) is 29.6 Å². The van der Waals surface area contributed by atoms with Gasteiger partial charge in [0.05, 0.1) is 7.11 Å². The second-order valence-corrected chi connectivity index (χ2v) is 9.03. The number of nitrogens with zero attached hydrogens (tertiary/aromatic N) is 1. The van der Waals surface area contributed by atoms with Crippen molar-refractivity contribution < 1.29 is 14.3 Å². The Hall–Kier alpha value is -3.15. The molecule has 0 radical (unpaired) electrons. The molecule has 1 saturated heterocycles. The van der Waals surface area contributed by atoms with E-state index in [1.165, 1.54) is 31.3 Å². The molecule has 0 spiro atoms. The minimum Gasteiger partial charge on any atom is -0.493 e. The molecule has 0 atom stereocenters. The van der Waals surface area contributed by atoms with E-state index in [1.807, 2.05) is 18.2 Å². The first-order valence-corrected chi connectivity index (χ1v) is 12.6. The second kappa shape index (κ2) is 15.7. The molecule has 1 heterocycles. The van der Waals surface area contributed by atoms with Crippen LogP contribution < -0.4 is 14.8 Å². The van der Waals surface area contributed by atoms with Crippen LogP contribution >= 0.6 is 0 Å². The normalized spacial score (nSPS) is 15.8. The monoisotopic (exact) mass is 476 g/mol. The Labute approximate surface area is 211 Å². The molecule has 3 rings (SSSR count). The predicted octanol–water partition coefficient (Wildman–Crippen LogP) is 5.99. The van der Waals surface area contributed by atoms with Crippen molar-refractivity contribution in [1.82, 2.24) is 10.2 Å². The number of ether oxygens (including phenoxy) is 2. The SMILES string of the molecule is C=C=C=C=C=C.COc1ccc(C(=O)NCCC2=CCCCC2)cc1OC1CCN(C(C)C)CC1. The lowest BCUT2D eigenvalue weighted by Crippen LogP contribution is -2.41. The molecule has 1 fully saturated rings. The van der Waals surface area contributed by atoms with Crippen LogP contribution in [0.25, 0.3) is 0 Å². The van der Waals surface area contributed by atoms with E-state index in [2.05, 4.69) is 66.2 Å². The number of hydrogen-bond acceptors (Lipinski definition) is 4. The topological polar surface area (TPSA) is 50.8 Å². The number of likely N-dealkylation sites (tertiary alicyclic amines) is 1. The van der Waals surface area contributed by atoms with Gasteiger partial charge in [0.15, 0.2) is 11.5 Å². The summed E-state index contributed by atoms with van der Waals surface area (Å²) in [5.74, 6) is 1.29. The summed E-state index contributed by atoms with van der Waals surface area (Å²) in [6.45, 7) is 13.7. The third-order valence-electron chi connectivity index (χ3n) is 6.28. The molecular weight excluding hydrogens is 436 g/mol. The van der Waals surface area contributed by atoms with E-state index in [9.17, 15) is 4.79 Å². The van der Waals surface area contributed by atoms with Crippen LogP contribution in [0.5, 0.6) is 11.5 Å². The first-order chi connectivity index (χ1) is 17.0. The van der Waals surface area contributed by atoms with Crippen molar-refractivity contribution in [2.45, 2.75) is 70.9 Å². The molecule has 0 unspecified atom stereocenters. The average molecular weight is 477 g/mol. The maximum Gasteiger partial charge on any atom is 0.251 e. The number of benzene rings is 1. The summed E-state index contributed by atoms with van der Waals surface area (Å²) in [6.07, 6.45) is 10.3. The first-order valence-electron chi connectivity index (χ1n) is 12.6. The number of amides is 1. The van der Waals surface area contributed by atoms with E-state index in [4.69, 9.17) is 9.47 Å². The Morgan fingerprint density at radius 3 is 2.43 bits per heavy atom. The molecule has 0 aromatic heterocycles. The van der Waals surface area contributed by atoms with Crippen molar-refractivity contribution in [2.24, 2.45) is 0 Å². The van der Waals surface area contributed by atoms with Crippen molar-refractivity contribution >= 4 is 5.91 Å². The van der Waals surface area contributed by atoms with E-state index in [-0.39, 0.29) is 12.0 Å². The van der Waals surface area contributed by atoms with Crippen molar-refractivity contribution in [2.75, 3.05) is 26.7 Å². The molecule has 1 aliphatic heterocycles. The smallest absolute Gasteiger partial charge is 0.251 e. The number of allylic oxidation sites excluding steroid dienone is 1. The highest BCUT2D eigenvalue weighted by Gasteiger charge is 2.23. The standard InChI is InChI=1S/C24H36N2O3.C6H4/c1-18(2)26-15-12-21(13-16-26)29-23-17-20(9-10-22(23)28-3)24(27)25-14-11-19-7-5-4-6-8-19;1-3-5-6-4-2/h7,9-10,17-18,21H,4-6,8,11-16H2,1-3H3,(H,25,27);1-2H2. The number of piperidine rings is 1. The molecule has 1 amide bonds. The molecule has 1 N–H and O–H groups in total. The zero-order valence-corrected chi connectivity index (χ0v) is 21.6. The maximum absolute atomic E-state index is 12.6. The highest BCUT2D eigenvalue weighted by atomic mass is 16.5. The van der Waals surface area contributed by atoms with Gasteiger partial charge in [0.1, 0.15) is 6.10 Å². The molecule has 35 heavy (non-hydrogen) atoms. The van der Waals surface area contributed by atoms with E-state index >= 15 is 0 Å². The highest BCUT2D eigenvalue weighted by Crippen LogP contribution is 2.31.